The maximum absolute atomic E-state index is 11.9. The first-order chi connectivity index (χ1) is 11.0. The molecule has 126 valence electrons. The van der Waals surface area contributed by atoms with E-state index in [9.17, 15) is 9.59 Å². The number of hydrogen-bond acceptors (Lipinski definition) is 4. The van der Waals surface area contributed by atoms with E-state index in [0.29, 0.717) is 16.6 Å². The summed E-state index contributed by atoms with van der Waals surface area (Å²) in [6.45, 7) is 1.55. The Balaban J connectivity index is 1.88. The highest BCUT2D eigenvalue weighted by atomic mass is 35.5. The van der Waals surface area contributed by atoms with Crippen LogP contribution in [0.5, 0.6) is 0 Å². The van der Waals surface area contributed by atoms with Gasteiger partial charge in [0.05, 0.1) is 22.2 Å². The standard InChI is InChI=1S/C15H18Cl2N2O3S/c16-10-3-4-13(12(17)6-10)19-5-1-2-11(7-19)18-14(20)8-23-9-15(21)22/h3-4,6,11H,1-2,5,7-9H2,(H,18,20)(H,21,22). The lowest BCUT2D eigenvalue weighted by Crippen LogP contribution is -2.48. The molecule has 0 aliphatic carbocycles. The summed E-state index contributed by atoms with van der Waals surface area (Å²) >= 11 is 13.3. The first-order valence-corrected chi connectivity index (χ1v) is 9.15. The molecule has 2 rings (SSSR count). The summed E-state index contributed by atoms with van der Waals surface area (Å²) in [5.41, 5.74) is 0.912. The topological polar surface area (TPSA) is 69.6 Å². The van der Waals surface area contributed by atoms with E-state index in [1.807, 2.05) is 6.07 Å². The van der Waals surface area contributed by atoms with Crippen LogP contribution in [0.4, 0.5) is 5.69 Å². The SMILES string of the molecule is O=C(O)CSCC(=O)NC1CCCN(c2ccc(Cl)cc2Cl)C1. The molecule has 0 aromatic heterocycles. The lowest BCUT2D eigenvalue weighted by atomic mass is 10.0. The zero-order chi connectivity index (χ0) is 16.8. The fourth-order valence-corrected chi connectivity index (χ4v) is 3.63. The van der Waals surface area contributed by atoms with Crippen LogP contribution in [0.15, 0.2) is 18.2 Å². The monoisotopic (exact) mass is 376 g/mol. The van der Waals surface area contributed by atoms with E-state index >= 15 is 0 Å². The van der Waals surface area contributed by atoms with Crippen LogP contribution >= 0.6 is 35.0 Å². The number of hydrogen-bond donors (Lipinski definition) is 2. The number of thioether (sulfide) groups is 1. The molecule has 0 spiro atoms. The number of anilines is 1. The van der Waals surface area contributed by atoms with Gasteiger partial charge in [-0.3, -0.25) is 9.59 Å². The predicted octanol–water partition coefficient (Wildman–Crippen LogP) is 2.90. The van der Waals surface area contributed by atoms with Crippen molar-refractivity contribution < 1.29 is 14.7 Å². The summed E-state index contributed by atoms with van der Waals surface area (Å²) in [6.07, 6.45) is 1.85. The molecule has 0 bridgehead atoms. The Morgan fingerprint density at radius 2 is 2.13 bits per heavy atom. The van der Waals surface area contributed by atoms with E-state index in [1.54, 1.807) is 12.1 Å². The zero-order valence-corrected chi connectivity index (χ0v) is 14.8. The Labute approximate surface area is 149 Å². The van der Waals surface area contributed by atoms with Crippen molar-refractivity contribution in [1.29, 1.82) is 0 Å². The Hall–Kier alpha value is -1.11. The van der Waals surface area contributed by atoms with Crippen LogP contribution < -0.4 is 10.2 Å². The minimum absolute atomic E-state index is 0.0356. The van der Waals surface area contributed by atoms with Crippen molar-refractivity contribution in [3.63, 3.8) is 0 Å². The van der Waals surface area contributed by atoms with Crippen molar-refractivity contribution >= 4 is 52.5 Å². The van der Waals surface area contributed by atoms with Gasteiger partial charge in [-0.25, -0.2) is 0 Å². The molecule has 0 saturated carbocycles. The Morgan fingerprint density at radius 3 is 2.83 bits per heavy atom. The number of nitrogens with zero attached hydrogens (tertiary/aromatic N) is 1. The van der Waals surface area contributed by atoms with Crippen LogP contribution in [0, 0.1) is 0 Å². The van der Waals surface area contributed by atoms with E-state index in [4.69, 9.17) is 28.3 Å². The molecule has 1 aromatic rings. The molecule has 1 heterocycles. The van der Waals surface area contributed by atoms with Gasteiger partial charge in [-0.2, -0.15) is 0 Å². The molecule has 1 aromatic carbocycles. The molecule has 5 nitrogen and oxygen atoms in total. The van der Waals surface area contributed by atoms with E-state index < -0.39 is 5.97 Å². The highest BCUT2D eigenvalue weighted by molar-refractivity contribution is 8.00. The lowest BCUT2D eigenvalue weighted by Gasteiger charge is -2.35. The number of carbonyl (C=O) groups excluding carboxylic acids is 1. The van der Waals surface area contributed by atoms with E-state index in [1.165, 1.54) is 0 Å². The van der Waals surface area contributed by atoms with Crippen LogP contribution in [-0.4, -0.2) is 47.6 Å². The van der Waals surface area contributed by atoms with Crippen LogP contribution in [0.3, 0.4) is 0 Å². The van der Waals surface area contributed by atoms with Gasteiger partial charge < -0.3 is 15.3 Å². The largest absolute Gasteiger partial charge is 0.481 e. The average Bonchev–Trinajstić information content (AvgIpc) is 2.47. The minimum Gasteiger partial charge on any atom is -0.481 e. The van der Waals surface area contributed by atoms with Gasteiger partial charge >= 0.3 is 5.97 Å². The number of amides is 1. The molecule has 1 saturated heterocycles. The lowest BCUT2D eigenvalue weighted by molar-refractivity contribution is -0.133. The van der Waals surface area contributed by atoms with Gasteiger partial charge in [0, 0.05) is 24.2 Å². The molecule has 23 heavy (non-hydrogen) atoms. The normalized spacial score (nSPS) is 17.8. The highest BCUT2D eigenvalue weighted by Gasteiger charge is 2.23. The molecule has 1 aliphatic rings. The number of aliphatic carboxylic acids is 1. The summed E-state index contributed by atoms with van der Waals surface area (Å²) in [5.74, 6) is -0.955. The summed E-state index contributed by atoms with van der Waals surface area (Å²) in [6, 6.07) is 5.43. The van der Waals surface area contributed by atoms with E-state index in [-0.39, 0.29) is 23.5 Å². The average molecular weight is 377 g/mol. The number of nitrogens with one attached hydrogen (secondary N) is 1. The van der Waals surface area contributed by atoms with Crippen molar-refractivity contribution in [2.24, 2.45) is 0 Å². The Kier molecular flexibility index (Phi) is 6.87. The second kappa shape index (κ2) is 8.66. The number of halogens is 2. The Morgan fingerprint density at radius 1 is 1.35 bits per heavy atom. The number of benzene rings is 1. The number of piperidine rings is 1. The van der Waals surface area contributed by atoms with Gasteiger partial charge in [-0.05, 0) is 31.0 Å². The molecule has 2 N–H and O–H groups in total. The minimum atomic E-state index is -0.913. The first-order valence-electron chi connectivity index (χ1n) is 7.24. The maximum atomic E-state index is 11.9. The van der Waals surface area contributed by atoms with Crippen molar-refractivity contribution in [3.8, 4) is 0 Å². The molecule has 1 atom stereocenters. The molecule has 1 unspecified atom stereocenters. The van der Waals surface area contributed by atoms with Crippen LogP contribution in [0.2, 0.25) is 10.0 Å². The number of carboxylic acids is 1. The number of carbonyl (C=O) groups is 2. The molecular formula is C15H18Cl2N2O3S. The van der Waals surface area contributed by atoms with Crippen molar-refractivity contribution in [3.05, 3.63) is 28.2 Å². The van der Waals surface area contributed by atoms with Crippen molar-refractivity contribution in [2.75, 3.05) is 29.5 Å². The van der Waals surface area contributed by atoms with E-state index in [0.717, 1.165) is 36.8 Å². The fraction of sp³-hybridized carbons (Fsp3) is 0.467. The van der Waals surface area contributed by atoms with Gasteiger partial charge in [0.25, 0.3) is 0 Å². The summed E-state index contributed by atoms with van der Waals surface area (Å²) in [7, 11) is 0. The smallest absolute Gasteiger partial charge is 0.313 e. The summed E-state index contributed by atoms with van der Waals surface area (Å²) in [5, 5.41) is 12.7. The third-order valence-electron chi connectivity index (χ3n) is 3.50. The van der Waals surface area contributed by atoms with Gasteiger partial charge in [-0.15, -0.1) is 11.8 Å². The first kappa shape index (κ1) is 18.2. The van der Waals surface area contributed by atoms with Crippen molar-refractivity contribution in [1.82, 2.24) is 5.32 Å². The maximum Gasteiger partial charge on any atom is 0.313 e. The predicted molar refractivity (Wildman–Crippen MR) is 94.8 cm³/mol. The van der Waals surface area contributed by atoms with Crippen molar-refractivity contribution in [2.45, 2.75) is 18.9 Å². The van der Waals surface area contributed by atoms with Crippen LogP contribution in [0.1, 0.15) is 12.8 Å². The third-order valence-corrected chi connectivity index (χ3v) is 4.95. The van der Waals surface area contributed by atoms with E-state index in [2.05, 4.69) is 10.2 Å². The Bertz CT molecular complexity index is 586. The van der Waals surface area contributed by atoms with Crippen LogP contribution in [-0.2, 0) is 9.59 Å². The van der Waals surface area contributed by atoms with Crippen LogP contribution in [0.25, 0.3) is 0 Å². The van der Waals surface area contributed by atoms with Gasteiger partial charge in [-0.1, -0.05) is 23.2 Å². The molecule has 1 aliphatic heterocycles. The fourth-order valence-electron chi connectivity index (χ4n) is 2.55. The summed E-state index contributed by atoms with van der Waals surface area (Å²) < 4.78 is 0. The number of carboxylic acid groups (broad SMARTS) is 1. The number of rotatable bonds is 6. The highest BCUT2D eigenvalue weighted by Crippen LogP contribution is 2.30. The van der Waals surface area contributed by atoms with Gasteiger partial charge in [0.15, 0.2) is 0 Å². The molecule has 8 heteroatoms. The van der Waals surface area contributed by atoms with Gasteiger partial charge in [0.2, 0.25) is 5.91 Å². The summed E-state index contributed by atoms with van der Waals surface area (Å²) in [4.78, 5) is 24.4. The molecule has 1 fully saturated rings. The second-order valence-corrected chi connectivity index (χ2v) is 7.16. The molecule has 0 radical (unpaired) electrons. The third kappa shape index (κ3) is 5.79. The second-order valence-electron chi connectivity index (χ2n) is 5.33. The quantitative estimate of drug-likeness (QED) is 0.798. The molecule has 1 amide bonds. The zero-order valence-electron chi connectivity index (χ0n) is 12.4. The van der Waals surface area contributed by atoms with Gasteiger partial charge in [0.1, 0.15) is 0 Å². The molecular weight excluding hydrogens is 359 g/mol.